The molecule has 0 spiro atoms. The summed E-state index contributed by atoms with van der Waals surface area (Å²) < 4.78 is 48.0. The largest absolute Gasteiger partial charge is 0.465 e. The van der Waals surface area contributed by atoms with E-state index in [1.54, 1.807) is 35.6 Å². The van der Waals surface area contributed by atoms with Gasteiger partial charge in [-0.05, 0) is 63.2 Å². The number of ether oxygens (including phenoxy) is 1. The molecule has 2 aliphatic heterocycles. The van der Waals surface area contributed by atoms with Crippen molar-refractivity contribution in [1.82, 2.24) is 49.9 Å². The topological polar surface area (TPSA) is 203 Å². The number of hydrogen-bond donors (Lipinski definition) is 4. The molecule has 4 amide bonds. The van der Waals surface area contributed by atoms with Gasteiger partial charge in [0.1, 0.15) is 23.7 Å². The third-order valence-electron chi connectivity index (χ3n) is 11.5. The number of aromatic amines is 2. The van der Waals surface area contributed by atoms with Gasteiger partial charge in [0.2, 0.25) is 11.8 Å². The number of rotatable bonds is 11. The van der Waals surface area contributed by atoms with E-state index in [9.17, 15) is 37.5 Å². The van der Waals surface area contributed by atoms with Crippen LogP contribution in [0.15, 0.2) is 42.9 Å². The zero-order chi connectivity index (χ0) is 40.9. The van der Waals surface area contributed by atoms with Gasteiger partial charge in [0.15, 0.2) is 11.5 Å². The van der Waals surface area contributed by atoms with Gasteiger partial charge in [-0.15, -0.1) is 0 Å². The number of imidazole rings is 2. The van der Waals surface area contributed by atoms with Gasteiger partial charge in [-0.2, -0.15) is 13.2 Å². The third kappa shape index (κ3) is 7.68. The monoisotopic (exact) mass is 804 g/mol. The minimum atomic E-state index is -4.80. The molecule has 4 N–H and O–H groups in total. The van der Waals surface area contributed by atoms with E-state index in [1.807, 2.05) is 0 Å². The second-order valence-electron chi connectivity index (χ2n) is 15.4. The van der Waals surface area contributed by atoms with E-state index in [2.05, 4.69) is 35.2 Å². The Labute approximate surface area is 330 Å². The van der Waals surface area contributed by atoms with Crippen LogP contribution in [0.4, 0.5) is 22.8 Å². The molecule has 2 saturated heterocycles. The molecular formula is C39H43F3N10O6. The van der Waals surface area contributed by atoms with Crippen LogP contribution >= 0.6 is 0 Å². The predicted octanol–water partition coefficient (Wildman–Crippen LogP) is 5.79. The number of benzene rings is 1. The number of nitrogens with one attached hydrogen (secondary N) is 3. The predicted molar refractivity (Wildman–Crippen MR) is 199 cm³/mol. The molecule has 8 rings (SSSR count). The van der Waals surface area contributed by atoms with Crippen LogP contribution in [0.5, 0.6) is 0 Å². The van der Waals surface area contributed by atoms with E-state index >= 15 is 0 Å². The van der Waals surface area contributed by atoms with Crippen molar-refractivity contribution < 1.29 is 42.2 Å². The van der Waals surface area contributed by atoms with Crippen molar-refractivity contribution in [2.24, 2.45) is 11.8 Å². The van der Waals surface area contributed by atoms with Gasteiger partial charge >= 0.3 is 18.4 Å². The zero-order valence-corrected chi connectivity index (χ0v) is 31.8. The summed E-state index contributed by atoms with van der Waals surface area (Å²) in [6, 6.07) is 3.65. The normalized spacial score (nSPS) is 20.5. The number of likely N-dealkylation sites (N-methyl/N-ethyl adjacent to an activating group) is 1. The van der Waals surface area contributed by atoms with Gasteiger partial charge in [-0.25, -0.2) is 29.5 Å². The first-order valence-electron chi connectivity index (χ1n) is 19.4. The number of hydrogen-bond acceptors (Lipinski definition) is 9. The maximum atomic E-state index is 14.4. The number of alkyl halides is 3. The molecule has 4 aliphatic rings. The molecule has 19 heteroatoms. The number of carbonyl (C=O) groups is 4. The number of halogens is 3. The first kappa shape index (κ1) is 38.8. The summed E-state index contributed by atoms with van der Waals surface area (Å²) in [5, 5.41) is 12.3. The SMILES string of the molecule is COC(=O)N[C@H](C(=O)N1CCC[C@H]1c1ncc(-c2cnc(-c3ccc(-c4[nH]c([C@@H]5CCCN5C(=O)[C@H](C5CC5)N(C)C(=O)O)nc4C(F)(F)F)cc3)nc2)[nH]1)C1CC1. The van der Waals surface area contributed by atoms with Crippen LogP contribution in [0.3, 0.4) is 0 Å². The molecule has 58 heavy (non-hydrogen) atoms. The Hall–Kier alpha value is -6.01. The molecule has 2 saturated carbocycles. The average Bonchev–Trinajstić information content (AvgIpc) is 3.94. The summed E-state index contributed by atoms with van der Waals surface area (Å²) in [4.78, 5) is 78.9. The third-order valence-corrected chi connectivity index (χ3v) is 11.5. The van der Waals surface area contributed by atoms with Crippen LogP contribution < -0.4 is 5.32 Å². The van der Waals surface area contributed by atoms with Gasteiger partial charge in [0, 0.05) is 49.2 Å². The van der Waals surface area contributed by atoms with E-state index in [0.29, 0.717) is 67.1 Å². The average molecular weight is 805 g/mol. The van der Waals surface area contributed by atoms with E-state index in [0.717, 1.165) is 24.2 Å². The number of aromatic nitrogens is 6. The van der Waals surface area contributed by atoms with Crippen molar-refractivity contribution in [3.63, 3.8) is 0 Å². The molecule has 0 radical (unpaired) electrons. The Morgan fingerprint density at radius 1 is 0.828 bits per heavy atom. The Morgan fingerprint density at radius 3 is 2.02 bits per heavy atom. The Bertz CT molecular complexity index is 2180. The molecule has 16 nitrogen and oxygen atoms in total. The Kier molecular flexibility index (Phi) is 10.3. The van der Waals surface area contributed by atoms with Gasteiger partial charge in [-0.3, -0.25) is 14.5 Å². The summed E-state index contributed by atoms with van der Waals surface area (Å²) in [6.45, 7) is 0.821. The highest BCUT2D eigenvalue weighted by molar-refractivity contribution is 5.87. The number of amides is 4. The van der Waals surface area contributed by atoms with E-state index < -0.39 is 48.1 Å². The summed E-state index contributed by atoms with van der Waals surface area (Å²) in [5.41, 5.74) is 0.693. The molecular weight excluding hydrogens is 761 g/mol. The molecule has 0 bridgehead atoms. The number of alkyl carbamates (subject to hydrolysis) is 1. The van der Waals surface area contributed by atoms with Crippen LogP contribution in [0.2, 0.25) is 0 Å². The van der Waals surface area contributed by atoms with Crippen LogP contribution in [-0.4, -0.2) is 113 Å². The number of H-pyrrole nitrogens is 2. The summed E-state index contributed by atoms with van der Waals surface area (Å²) >= 11 is 0. The van der Waals surface area contributed by atoms with Gasteiger partial charge in [0.05, 0.1) is 36.8 Å². The standard InChI is InChI=1S/C39H43F3N10O6/c1-50(38(56)57)30(22-11-12-22)36(54)52-16-4-6-27(52)34-47-28(31(49-34)39(40,41)42)20-9-13-23(14-10-20)32-43-17-24(18-44-32)25-19-45-33(46-25)26-5-3-15-51(26)35(53)29(21-7-8-21)48-37(55)58-2/h9-10,13-14,17-19,21-22,26-27,29-30H,3-8,11-12,15-16H2,1-2H3,(H,45,46)(H,47,49)(H,48,55)(H,56,57)/t26-,27-,29-,30-/m0/s1. The lowest BCUT2D eigenvalue weighted by molar-refractivity contribution is -0.140. The van der Waals surface area contributed by atoms with Gasteiger partial charge in [-0.1, -0.05) is 24.3 Å². The van der Waals surface area contributed by atoms with E-state index in [4.69, 9.17) is 4.74 Å². The minimum absolute atomic E-state index is 0.00377. The maximum Gasteiger partial charge on any atom is 0.435 e. The van der Waals surface area contributed by atoms with Crippen LogP contribution in [-0.2, 0) is 20.5 Å². The van der Waals surface area contributed by atoms with Crippen molar-refractivity contribution in [3.05, 3.63) is 60.2 Å². The first-order valence-corrected chi connectivity index (χ1v) is 19.4. The molecule has 306 valence electrons. The fourth-order valence-electron chi connectivity index (χ4n) is 8.21. The fourth-order valence-corrected chi connectivity index (χ4v) is 8.21. The number of methoxy groups -OCH3 is 1. The van der Waals surface area contributed by atoms with Crippen molar-refractivity contribution in [2.75, 3.05) is 27.2 Å². The maximum absolute atomic E-state index is 14.4. The highest BCUT2D eigenvalue weighted by atomic mass is 19.4. The number of carbonyl (C=O) groups excluding carboxylic acids is 3. The number of likely N-dealkylation sites (tertiary alicyclic amines) is 2. The minimum Gasteiger partial charge on any atom is -0.465 e. The second-order valence-corrected chi connectivity index (χ2v) is 15.4. The molecule has 5 heterocycles. The smallest absolute Gasteiger partial charge is 0.435 e. The summed E-state index contributed by atoms with van der Waals surface area (Å²) in [5.74, 6) is 0.308. The number of carboxylic acid groups (broad SMARTS) is 1. The molecule has 0 unspecified atom stereocenters. The molecule has 2 aliphatic carbocycles. The zero-order valence-electron chi connectivity index (χ0n) is 31.8. The number of nitrogens with zero attached hydrogens (tertiary/aromatic N) is 7. The lowest BCUT2D eigenvalue weighted by Gasteiger charge is -2.31. The van der Waals surface area contributed by atoms with Gasteiger partial charge < -0.3 is 34.9 Å². The lowest BCUT2D eigenvalue weighted by Crippen LogP contribution is -2.50. The molecule has 1 aromatic carbocycles. The summed E-state index contributed by atoms with van der Waals surface area (Å²) in [6.07, 6.45) is 3.71. The highest BCUT2D eigenvalue weighted by Gasteiger charge is 2.47. The van der Waals surface area contributed by atoms with Crippen molar-refractivity contribution in [2.45, 2.75) is 81.7 Å². The Morgan fingerprint density at radius 2 is 1.43 bits per heavy atom. The Balaban J connectivity index is 0.972. The van der Waals surface area contributed by atoms with Crippen LogP contribution in [0.1, 0.15) is 80.8 Å². The summed E-state index contributed by atoms with van der Waals surface area (Å²) in [7, 11) is 2.61. The van der Waals surface area contributed by atoms with Crippen molar-refractivity contribution in [1.29, 1.82) is 0 Å². The highest BCUT2D eigenvalue weighted by Crippen LogP contribution is 2.42. The quantitative estimate of drug-likeness (QED) is 0.144. The first-order chi connectivity index (χ1) is 27.8. The fraction of sp³-hybridized carbons (Fsp3) is 0.487. The van der Waals surface area contributed by atoms with Gasteiger partial charge in [0.25, 0.3) is 0 Å². The van der Waals surface area contributed by atoms with E-state index in [-0.39, 0.29) is 47.4 Å². The molecule has 3 aromatic heterocycles. The van der Waals surface area contributed by atoms with E-state index in [1.165, 1.54) is 31.2 Å². The lowest BCUT2D eigenvalue weighted by atomic mass is 10.1. The molecule has 4 fully saturated rings. The molecule has 4 aromatic rings. The second kappa shape index (κ2) is 15.4. The van der Waals surface area contributed by atoms with Crippen LogP contribution in [0, 0.1) is 11.8 Å². The van der Waals surface area contributed by atoms with Crippen molar-refractivity contribution >= 4 is 24.0 Å². The van der Waals surface area contributed by atoms with Crippen molar-refractivity contribution in [3.8, 4) is 33.9 Å². The van der Waals surface area contributed by atoms with Crippen LogP contribution in [0.25, 0.3) is 33.9 Å². The molecule has 4 atom stereocenters.